The van der Waals surface area contributed by atoms with Crippen molar-refractivity contribution in [1.29, 1.82) is 0 Å². The molecule has 0 bridgehead atoms. The van der Waals surface area contributed by atoms with Crippen molar-refractivity contribution in [2.75, 3.05) is 0 Å². The van der Waals surface area contributed by atoms with Crippen molar-refractivity contribution >= 4 is 11.0 Å². The molecule has 1 heterocycles. The van der Waals surface area contributed by atoms with Crippen LogP contribution in [0.15, 0.2) is 51.9 Å². The Morgan fingerprint density at radius 3 is 2.38 bits per heavy atom. The van der Waals surface area contributed by atoms with Crippen molar-refractivity contribution in [2.24, 2.45) is 0 Å². The van der Waals surface area contributed by atoms with Crippen LogP contribution in [0.3, 0.4) is 0 Å². The van der Waals surface area contributed by atoms with Gasteiger partial charge in [-0.1, -0.05) is 12.1 Å². The van der Waals surface area contributed by atoms with Gasteiger partial charge in [0, 0.05) is 12.0 Å². The van der Waals surface area contributed by atoms with E-state index in [-0.39, 0.29) is 27.9 Å². The molecule has 0 fully saturated rings. The van der Waals surface area contributed by atoms with Crippen LogP contribution >= 0.6 is 0 Å². The summed E-state index contributed by atoms with van der Waals surface area (Å²) in [4.78, 5) is 12.4. The Morgan fingerprint density at radius 2 is 1.67 bits per heavy atom. The lowest BCUT2D eigenvalue weighted by Crippen LogP contribution is -2.09. The lowest BCUT2D eigenvalue weighted by molar-refractivity contribution is 0.399. The molecule has 5 heteroatoms. The Hall–Kier alpha value is -2.95. The normalized spacial score (nSPS) is 10.9. The summed E-state index contributed by atoms with van der Waals surface area (Å²) in [7, 11) is 0. The molecule has 106 valence electrons. The van der Waals surface area contributed by atoms with Crippen LogP contribution in [0.2, 0.25) is 0 Å². The highest BCUT2D eigenvalue weighted by atomic mass is 16.4. The minimum atomic E-state index is -0.444. The first-order valence-electron chi connectivity index (χ1n) is 6.29. The maximum atomic E-state index is 12.4. The van der Waals surface area contributed by atoms with Gasteiger partial charge in [-0.2, -0.15) is 0 Å². The minimum absolute atomic E-state index is 0.0329. The molecule has 0 aliphatic heterocycles. The fourth-order valence-corrected chi connectivity index (χ4v) is 2.17. The van der Waals surface area contributed by atoms with Gasteiger partial charge in [0.25, 0.3) is 0 Å². The van der Waals surface area contributed by atoms with E-state index in [0.29, 0.717) is 12.0 Å². The van der Waals surface area contributed by atoms with Crippen molar-refractivity contribution in [2.45, 2.75) is 6.42 Å². The van der Waals surface area contributed by atoms with Crippen LogP contribution in [0.5, 0.6) is 17.2 Å². The first-order valence-corrected chi connectivity index (χ1v) is 6.29. The second-order valence-electron chi connectivity index (χ2n) is 4.74. The fraction of sp³-hybridized carbons (Fsp3) is 0.0625. The first-order chi connectivity index (χ1) is 10.1. The number of fused-ring (bicyclic) bond motifs is 1. The van der Waals surface area contributed by atoms with E-state index in [1.54, 1.807) is 24.3 Å². The van der Waals surface area contributed by atoms with E-state index in [4.69, 9.17) is 4.42 Å². The van der Waals surface area contributed by atoms with Gasteiger partial charge >= 0.3 is 0 Å². The SMILES string of the molecule is O=c1c(Cc2ccc(O)cc2)coc2c(O)c(O)ccc12. The van der Waals surface area contributed by atoms with E-state index in [1.807, 2.05) is 0 Å². The average Bonchev–Trinajstić information content (AvgIpc) is 2.48. The van der Waals surface area contributed by atoms with Gasteiger partial charge in [-0.15, -0.1) is 0 Å². The summed E-state index contributed by atoms with van der Waals surface area (Å²) in [6.07, 6.45) is 1.62. The van der Waals surface area contributed by atoms with E-state index in [0.717, 1.165) is 5.56 Å². The zero-order valence-corrected chi connectivity index (χ0v) is 10.9. The third kappa shape index (κ3) is 2.29. The van der Waals surface area contributed by atoms with Crippen LogP contribution in [0.4, 0.5) is 0 Å². The van der Waals surface area contributed by atoms with Crippen molar-refractivity contribution in [1.82, 2.24) is 0 Å². The summed E-state index contributed by atoms with van der Waals surface area (Å²) in [6.45, 7) is 0. The van der Waals surface area contributed by atoms with Crippen LogP contribution in [0.25, 0.3) is 11.0 Å². The van der Waals surface area contributed by atoms with Gasteiger partial charge in [0.1, 0.15) is 5.75 Å². The quantitative estimate of drug-likeness (QED) is 0.629. The van der Waals surface area contributed by atoms with Crippen LogP contribution < -0.4 is 5.43 Å². The Bertz CT molecular complexity index is 862. The molecule has 21 heavy (non-hydrogen) atoms. The molecule has 2 aromatic carbocycles. The Morgan fingerprint density at radius 1 is 0.952 bits per heavy atom. The van der Waals surface area contributed by atoms with Gasteiger partial charge in [-0.05, 0) is 29.8 Å². The summed E-state index contributed by atoms with van der Waals surface area (Å²) in [5.41, 5.74) is 0.981. The molecule has 1 aromatic heterocycles. The number of benzene rings is 2. The van der Waals surface area contributed by atoms with E-state index >= 15 is 0 Å². The summed E-state index contributed by atoms with van der Waals surface area (Å²) < 4.78 is 5.27. The lowest BCUT2D eigenvalue weighted by Gasteiger charge is -2.05. The lowest BCUT2D eigenvalue weighted by atomic mass is 10.0. The van der Waals surface area contributed by atoms with Crippen molar-refractivity contribution in [3.05, 3.63) is 64.0 Å². The van der Waals surface area contributed by atoms with Crippen molar-refractivity contribution < 1.29 is 19.7 Å². The zero-order valence-electron chi connectivity index (χ0n) is 10.9. The number of aromatic hydroxyl groups is 3. The van der Waals surface area contributed by atoms with Gasteiger partial charge in [-0.3, -0.25) is 4.79 Å². The molecular formula is C16H12O5. The van der Waals surface area contributed by atoms with Crippen molar-refractivity contribution in [3.63, 3.8) is 0 Å². The molecule has 0 saturated carbocycles. The van der Waals surface area contributed by atoms with E-state index in [1.165, 1.54) is 18.4 Å². The fourth-order valence-electron chi connectivity index (χ4n) is 2.17. The smallest absolute Gasteiger partial charge is 0.201 e. The maximum absolute atomic E-state index is 12.4. The third-order valence-electron chi connectivity index (χ3n) is 3.30. The predicted molar refractivity (Wildman–Crippen MR) is 76.7 cm³/mol. The molecule has 0 atom stereocenters. The zero-order chi connectivity index (χ0) is 15.0. The van der Waals surface area contributed by atoms with E-state index in [9.17, 15) is 20.1 Å². The van der Waals surface area contributed by atoms with Crippen LogP contribution in [0.1, 0.15) is 11.1 Å². The molecule has 0 spiro atoms. The topological polar surface area (TPSA) is 90.9 Å². The van der Waals surface area contributed by atoms with Gasteiger partial charge in [0.2, 0.25) is 5.75 Å². The highest BCUT2D eigenvalue weighted by Gasteiger charge is 2.13. The molecule has 0 saturated heterocycles. The summed E-state index contributed by atoms with van der Waals surface area (Å²) >= 11 is 0. The van der Waals surface area contributed by atoms with Gasteiger partial charge in [0.05, 0.1) is 11.6 Å². The predicted octanol–water partition coefficient (Wildman–Crippen LogP) is 2.50. The standard InChI is InChI=1S/C16H12O5/c17-11-3-1-9(2-4-11)7-10-8-21-16-12(14(10)19)5-6-13(18)15(16)20/h1-6,8,17-18,20H,7H2. The van der Waals surface area contributed by atoms with E-state index in [2.05, 4.69) is 0 Å². The number of phenolic OH excluding ortho intramolecular Hbond substituents is 3. The van der Waals surface area contributed by atoms with Gasteiger partial charge in [-0.25, -0.2) is 0 Å². The molecule has 0 amide bonds. The number of hydrogen-bond acceptors (Lipinski definition) is 5. The third-order valence-corrected chi connectivity index (χ3v) is 3.30. The molecular weight excluding hydrogens is 272 g/mol. The Labute approximate surface area is 119 Å². The minimum Gasteiger partial charge on any atom is -0.508 e. The second-order valence-corrected chi connectivity index (χ2v) is 4.74. The summed E-state index contributed by atoms with van der Waals surface area (Å²) in [5, 5.41) is 28.5. The number of phenols is 3. The summed E-state index contributed by atoms with van der Waals surface area (Å²) in [5.74, 6) is -0.623. The number of rotatable bonds is 2. The van der Waals surface area contributed by atoms with Crippen LogP contribution in [-0.4, -0.2) is 15.3 Å². The molecule has 3 N–H and O–H groups in total. The molecule has 3 aromatic rings. The largest absolute Gasteiger partial charge is 0.508 e. The van der Waals surface area contributed by atoms with Crippen LogP contribution in [0, 0.1) is 0 Å². The average molecular weight is 284 g/mol. The molecule has 0 aliphatic carbocycles. The summed E-state index contributed by atoms with van der Waals surface area (Å²) in [6, 6.07) is 9.18. The van der Waals surface area contributed by atoms with E-state index < -0.39 is 5.75 Å². The maximum Gasteiger partial charge on any atom is 0.201 e. The van der Waals surface area contributed by atoms with Crippen LogP contribution in [-0.2, 0) is 6.42 Å². The van der Waals surface area contributed by atoms with Crippen molar-refractivity contribution in [3.8, 4) is 17.2 Å². The number of hydrogen-bond donors (Lipinski definition) is 3. The molecule has 5 nitrogen and oxygen atoms in total. The molecule has 0 radical (unpaired) electrons. The second kappa shape index (κ2) is 4.86. The highest BCUT2D eigenvalue weighted by molar-refractivity contribution is 5.85. The van der Waals surface area contributed by atoms with Gasteiger partial charge < -0.3 is 19.7 Å². The Kier molecular flexibility index (Phi) is 3.02. The van der Waals surface area contributed by atoms with Gasteiger partial charge in [0.15, 0.2) is 16.8 Å². The highest BCUT2D eigenvalue weighted by Crippen LogP contribution is 2.32. The Balaban J connectivity index is 2.08. The monoisotopic (exact) mass is 284 g/mol. The molecule has 0 aliphatic rings. The molecule has 3 rings (SSSR count). The first kappa shape index (κ1) is 13.1. The molecule has 0 unspecified atom stereocenters.